The summed E-state index contributed by atoms with van der Waals surface area (Å²) >= 11 is 0. The van der Waals surface area contributed by atoms with E-state index in [4.69, 9.17) is 28.4 Å². The van der Waals surface area contributed by atoms with Crippen LogP contribution in [0.2, 0.25) is 0 Å². The van der Waals surface area contributed by atoms with E-state index < -0.39 is 6.10 Å². The topological polar surface area (TPSA) is 75.6 Å². The van der Waals surface area contributed by atoms with Crippen LogP contribution in [0, 0.1) is 0 Å². The minimum atomic E-state index is -0.679. The molecule has 0 radical (unpaired) electrons. The van der Waals surface area contributed by atoms with Gasteiger partial charge in [-0.25, -0.2) is 0 Å². The van der Waals surface area contributed by atoms with E-state index >= 15 is 0 Å². The Hall–Kier alpha value is -0.150. The van der Waals surface area contributed by atoms with Crippen molar-refractivity contribution in [3.63, 3.8) is 0 Å². The van der Waals surface area contributed by atoms with Crippen molar-refractivity contribution in [3.8, 4) is 0 Å². The van der Waals surface area contributed by atoms with Gasteiger partial charge in [0.05, 0.1) is 25.3 Å². The highest BCUT2D eigenvalue weighted by atomic mass is 16.6. The summed E-state index contributed by atoms with van der Waals surface area (Å²) in [6.07, 6.45) is -0.425. The van der Waals surface area contributed by atoms with Crippen molar-refractivity contribution >= 4 is 15.1 Å². The third kappa shape index (κ3) is 4.92. The monoisotopic (exact) mass is 330 g/mol. The van der Waals surface area contributed by atoms with Gasteiger partial charge < -0.3 is 33.5 Å². The molecule has 0 aliphatic carbocycles. The van der Waals surface area contributed by atoms with E-state index in [2.05, 4.69) is 0 Å². The second-order valence-electron chi connectivity index (χ2n) is 6.22. The summed E-state index contributed by atoms with van der Waals surface area (Å²) in [5, 5.41) is 10.2. The number of methoxy groups -OCH3 is 3. The van der Waals surface area contributed by atoms with Crippen LogP contribution in [0.1, 0.15) is 6.42 Å². The van der Waals surface area contributed by atoms with Crippen LogP contribution in [0.15, 0.2) is 0 Å². The quantitative estimate of drug-likeness (QED) is 0.384. The predicted octanol–water partition coefficient (Wildman–Crippen LogP) is -2.09. The lowest BCUT2D eigenvalue weighted by Gasteiger charge is -2.19. The largest absolute Gasteiger partial charge is 0.388 e. The molecule has 2 aliphatic rings. The highest BCUT2D eigenvalue weighted by molar-refractivity contribution is 6.37. The highest BCUT2D eigenvalue weighted by Crippen LogP contribution is 2.24. The van der Waals surface area contributed by atoms with Gasteiger partial charge in [0, 0.05) is 33.8 Å². The standard InChI is InChI=1S/C14H28B2O7/c1-18-5-10-12(17)13(20-3)14(23-10)16-7-21-6-9-8(19-2)4-11(15)22-9/h8-14,16-17H,4-7,15H2,1-3H3/t8?,9-,10-,11-,12?,13?,14-/m1/s1. The molecule has 2 heterocycles. The Bertz CT molecular complexity index is 349. The van der Waals surface area contributed by atoms with Gasteiger partial charge in [-0.05, 0) is 6.42 Å². The fourth-order valence-electron chi connectivity index (χ4n) is 3.35. The number of aliphatic hydroxyl groups is 1. The van der Waals surface area contributed by atoms with Gasteiger partial charge in [-0.1, -0.05) is 0 Å². The van der Waals surface area contributed by atoms with Gasteiger partial charge in [-0.2, -0.15) is 0 Å². The zero-order chi connectivity index (χ0) is 16.8. The molecule has 0 saturated carbocycles. The van der Waals surface area contributed by atoms with Crippen LogP contribution < -0.4 is 0 Å². The summed E-state index contributed by atoms with van der Waals surface area (Å²) in [6.45, 7) is 1.36. The molecule has 0 aromatic heterocycles. The molecule has 0 aromatic rings. The molecule has 2 rings (SSSR count). The van der Waals surface area contributed by atoms with E-state index in [1.54, 1.807) is 21.3 Å². The molecule has 0 spiro atoms. The second-order valence-corrected chi connectivity index (χ2v) is 6.22. The fraction of sp³-hybridized carbons (Fsp3) is 1.00. The van der Waals surface area contributed by atoms with E-state index in [0.29, 0.717) is 27.0 Å². The summed E-state index contributed by atoms with van der Waals surface area (Å²) in [7, 11) is 7.56. The lowest BCUT2D eigenvalue weighted by atomic mass is 9.70. The first-order valence-corrected chi connectivity index (χ1v) is 8.22. The smallest absolute Gasteiger partial charge is 0.192 e. The summed E-state index contributed by atoms with van der Waals surface area (Å²) in [6, 6.07) is 0.00586. The predicted molar refractivity (Wildman–Crippen MR) is 87.9 cm³/mol. The average Bonchev–Trinajstić information content (AvgIpc) is 3.04. The van der Waals surface area contributed by atoms with Gasteiger partial charge in [0.25, 0.3) is 0 Å². The van der Waals surface area contributed by atoms with Crippen LogP contribution in [0.3, 0.4) is 0 Å². The zero-order valence-electron chi connectivity index (χ0n) is 14.5. The molecule has 3 unspecified atom stereocenters. The van der Waals surface area contributed by atoms with Gasteiger partial charge >= 0.3 is 0 Å². The summed E-state index contributed by atoms with van der Waals surface area (Å²) in [5.41, 5.74) is 0. The Morgan fingerprint density at radius 2 is 1.91 bits per heavy atom. The maximum atomic E-state index is 10.2. The van der Waals surface area contributed by atoms with Crippen molar-refractivity contribution in [2.24, 2.45) is 0 Å². The minimum Gasteiger partial charge on any atom is -0.388 e. The number of hydrogen-bond acceptors (Lipinski definition) is 7. The first-order valence-electron chi connectivity index (χ1n) is 8.22. The summed E-state index contributed by atoms with van der Waals surface area (Å²) in [4.78, 5) is 0. The summed E-state index contributed by atoms with van der Waals surface area (Å²) in [5.74, 6) is 0. The van der Waals surface area contributed by atoms with Crippen LogP contribution in [0.5, 0.6) is 0 Å². The minimum absolute atomic E-state index is 0.0236. The van der Waals surface area contributed by atoms with E-state index in [1.165, 1.54) is 0 Å². The number of ether oxygens (including phenoxy) is 6. The molecule has 0 bridgehead atoms. The van der Waals surface area contributed by atoms with E-state index in [1.807, 2.05) is 7.85 Å². The Morgan fingerprint density at radius 1 is 1.13 bits per heavy atom. The summed E-state index contributed by atoms with van der Waals surface area (Å²) < 4.78 is 33.2. The third-order valence-corrected chi connectivity index (χ3v) is 4.55. The first-order chi connectivity index (χ1) is 11.1. The molecule has 1 N–H and O–H groups in total. The van der Waals surface area contributed by atoms with Crippen molar-refractivity contribution in [3.05, 3.63) is 0 Å². The number of aliphatic hydroxyl groups excluding tert-OH is 1. The maximum absolute atomic E-state index is 10.2. The van der Waals surface area contributed by atoms with Crippen molar-refractivity contribution in [2.45, 2.75) is 48.9 Å². The van der Waals surface area contributed by atoms with Crippen LogP contribution in [-0.4, -0.2) is 104 Å². The molecule has 0 aromatic carbocycles. The Balaban J connectivity index is 1.71. The van der Waals surface area contributed by atoms with Crippen LogP contribution in [-0.2, 0) is 28.4 Å². The van der Waals surface area contributed by atoms with E-state index in [-0.39, 0.29) is 36.4 Å². The fourth-order valence-corrected chi connectivity index (χ4v) is 3.35. The Morgan fingerprint density at radius 3 is 2.57 bits per heavy atom. The van der Waals surface area contributed by atoms with Crippen LogP contribution >= 0.6 is 0 Å². The first kappa shape index (κ1) is 19.2. The molecular weight excluding hydrogens is 302 g/mol. The molecule has 23 heavy (non-hydrogen) atoms. The lowest BCUT2D eigenvalue weighted by Crippen LogP contribution is -2.39. The molecular formula is C14H28B2O7. The van der Waals surface area contributed by atoms with Gasteiger partial charge in [0.15, 0.2) is 7.28 Å². The molecule has 0 amide bonds. The molecule has 2 aliphatic heterocycles. The van der Waals surface area contributed by atoms with Crippen molar-refractivity contribution < 1.29 is 33.5 Å². The molecule has 7 atom stereocenters. The van der Waals surface area contributed by atoms with Crippen molar-refractivity contribution in [1.29, 1.82) is 0 Å². The third-order valence-electron chi connectivity index (χ3n) is 4.55. The second kappa shape index (κ2) is 9.36. The van der Waals surface area contributed by atoms with Gasteiger partial charge in [-0.15, -0.1) is 0 Å². The molecule has 9 heteroatoms. The Kier molecular flexibility index (Phi) is 7.81. The van der Waals surface area contributed by atoms with Crippen molar-refractivity contribution in [1.82, 2.24) is 0 Å². The maximum Gasteiger partial charge on any atom is 0.192 e. The van der Waals surface area contributed by atoms with E-state index in [9.17, 15) is 5.11 Å². The number of hydrogen-bond donors (Lipinski definition) is 1. The number of rotatable bonds is 9. The van der Waals surface area contributed by atoms with Gasteiger partial charge in [0.1, 0.15) is 32.3 Å². The molecule has 7 nitrogen and oxygen atoms in total. The SMILES string of the molecule is B[C@H]1CC(OC)[C@@H](COCB[C@@H]2O[C@H](COC)C(O)C2OC)O1. The molecule has 2 saturated heterocycles. The van der Waals surface area contributed by atoms with Crippen LogP contribution in [0.4, 0.5) is 0 Å². The highest BCUT2D eigenvalue weighted by Gasteiger charge is 2.43. The average molecular weight is 330 g/mol. The normalized spacial score (nSPS) is 40.6. The Labute approximate surface area is 139 Å². The van der Waals surface area contributed by atoms with E-state index in [0.717, 1.165) is 6.42 Å². The van der Waals surface area contributed by atoms with Gasteiger partial charge in [-0.3, -0.25) is 0 Å². The van der Waals surface area contributed by atoms with Gasteiger partial charge in [0.2, 0.25) is 0 Å². The molecule has 132 valence electrons. The zero-order valence-corrected chi connectivity index (χ0v) is 14.5. The molecule has 2 fully saturated rings. The lowest BCUT2D eigenvalue weighted by molar-refractivity contribution is -0.0368. The van der Waals surface area contributed by atoms with Crippen LogP contribution in [0.25, 0.3) is 0 Å². The van der Waals surface area contributed by atoms with Crippen molar-refractivity contribution in [2.75, 3.05) is 41.0 Å².